The number of rotatable bonds is 7. The molecule has 0 aliphatic heterocycles. The molecule has 0 aromatic heterocycles. The predicted octanol–water partition coefficient (Wildman–Crippen LogP) is 15.9. The van der Waals surface area contributed by atoms with Crippen molar-refractivity contribution in [1.82, 2.24) is 0 Å². The lowest BCUT2D eigenvalue weighted by Gasteiger charge is -2.05. The van der Waals surface area contributed by atoms with Crippen molar-refractivity contribution in [3.63, 3.8) is 0 Å². The highest BCUT2D eigenvalue weighted by Gasteiger charge is 2.15. The zero-order chi connectivity index (χ0) is 35.0. The SMILES string of the molecule is C=C.C=C.C=C(C)CCCCC.CC.CC(C)(C)C.CC1Cc2ccccc2C1.CCC.CCC.CCCCC(C)C. The third kappa shape index (κ3) is 77.1. The molecule has 1 aromatic carbocycles. The van der Waals surface area contributed by atoms with E-state index >= 15 is 0 Å². The second-order valence-corrected chi connectivity index (χ2v) is 12.6. The molecule has 0 nitrogen and oxygen atoms in total. The van der Waals surface area contributed by atoms with E-state index in [-0.39, 0.29) is 0 Å². The minimum Gasteiger partial charge on any atom is -0.106 e. The van der Waals surface area contributed by atoms with E-state index in [9.17, 15) is 0 Å². The molecular formula is C42H86. The van der Waals surface area contributed by atoms with Gasteiger partial charge in [0.1, 0.15) is 0 Å². The third-order valence-corrected chi connectivity index (χ3v) is 4.60. The van der Waals surface area contributed by atoms with E-state index in [0.717, 1.165) is 11.8 Å². The zero-order valence-corrected chi connectivity index (χ0v) is 32.8. The average Bonchev–Trinajstić information content (AvgIpc) is 3.32. The van der Waals surface area contributed by atoms with E-state index in [0.29, 0.717) is 5.41 Å². The molecule has 0 N–H and O–H groups in total. The number of benzene rings is 1. The first-order chi connectivity index (χ1) is 19.7. The van der Waals surface area contributed by atoms with Gasteiger partial charge in [-0.1, -0.05) is 179 Å². The maximum Gasteiger partial charge on any atom is -0.0247 e. The first kappa shape index (κ1) is 56.3. The van der Waals surface area contributed by atoms with E-state index in [4.69, 9.17) is 0 Å². The van der Waals surface area contributed by atoms with Gasteiger partial charge in [-0.05, 0) is 61.0 Å². The molecule has 0 atom stereocenters. The van der Waals surface area contributed by atoms with Crippen molar-refractivity contribution in [2.75, 3.05) is 0 Å². The van der Waals surface area contributed by atoms with Gasteiger partial charge in [0.25, 0.3) is 0 Å². The molecule has 42 heavy (non-hydrogen) atoms. The van der Waals surface area contributed by atoms with Crippen LogP contribution in [0.5, 0.6) is 0 Å². The third-order valence-electron chi connectivity index (χ3n) is 4.60. The van der Waals surface area contributed by atoms with Gasteiger partial charge < -0.3 is 0 Å². The molecule has 0 heteroatoms. The molecule has 0 fully saturated rings. The lowest BCUT2D eigenvalue weighted by Crippen LogP contribution is -1.93. The number of unbranched alkanes of at least 4 members (excludes halogenated alkanes) is 3. The predicted molar refractivity (Wildman–Crippen MR) is 207 cm³/mol. The van der Waals surface area contributed by atoms with Crippen molar-refractivity contribution in [1.29, 1.82) is 0 Å². The Morgan fingerprint density at radius 1 is 0.738 bits per heavy atom. The first-order valence-corrected chi connectivity index (χ1v) is 17.4. The van der Waals surface area contributed by atoms with Crippen molar-refractivity contribution in [3.8, 4) is 0 Å². The molecule has 1 aliphatic rings. The Bertz CT molecular complexity index is 537. The lowest BCUT2D eigenvalue weighted by atomic mass is 10.0. The van der Waals surface area contributed by atoms with Gasteiger partial charge in [-0.2, -0.15) is 0 Å². The van der Waals surface area contributed by atoms with Crippen LogP contribution in [0.3, 0.4) is 0 Å². The minimum absolute atomic E-state index is 0.500. The van der Waals surface area contributed by atoms with E-state index in [1.807, 2.05) is 13.8 Å². The molecule has 1 aromatic rings. The Labute approximate surface area is 272 Å². The summed E-state index contributed by atoms with van der Waals surface area (Å²) < 4.78 is 0. The normalized spacial score (nSPS) is 10.2. The topological polar surface area (TPSA) is 0 Å². The van der Waals surface area contributed by atoms with E-state index < -0.39 is 0 Å². The molecule has 0 saturated carbocycles. The summed E-state index contributed by atoms with van der Waals surface area (Å²) in [6.45, 7) is 50.5. The Hall–Kier alpha value is -1.56. The number of hydrogen-bond donors (Lipinski definition) is 0. The Balaban J connectivity index is -0.0000000705. The van der Waals surface area contributed by atoms with Crippen molar-refractivity contribution < 1.29 is 0 Å². The second-order valence-electron chi connectivity index (χ2n) is 12.6. The van der Waals surface area contributed by atoms with E-state index in [2.05, 4.69) is 154 Å². The summed E-state index contributed by atoms with van der Waals surface area (Å²) in [6.07, 6.45) is 14.4. The summed E-state index contributed by atoms with van der Waals surface area (Å²) in [5.41, 5.74) is 4.95. The molecule has 2 rings (SSSR count). The maximum atomic E-state index is 3.83. The quantitative estimate of drug-likeness (QED) is 0.219. The Morgan fingerprint density at radius 3 is 1.26 bits per heavy atom. The van der Waals surface area contributed by atoms with Gasteiger partial charge >= 0.3 is 0 Å². The maximum absolute atomic E-state index is 3.83. The highest BCUT2D eigenvalue weighted by molar-refractivity contribution is 5.31. The molecular weight excluding hydrogens is 504 g/mol. The molecule has 0 saturated heterocycles. The van der Waals surface area contributed by atoms with Crippen LogP contribution in [0.1, 0.15) is 180 Å². The molecule has 254 valence electrons. The van der Waals surface area contributed by atoms with Gasteiger partial charge in [0.2, 0.25) is 0 Å². The highest BCUT2D eigenvalue weighted by atomic mass is 14.2. The van der Waals surface area contributed by atoms with Crippen LogP contribution >= 0.6 is 0 Å². The monoisotopic (exact) mass is 591 g/mol. The van der Waals surface area contributed by atoms with E-state index in [1.165, 1.54) is 76.2 Å². The van der Waals surface area contributed by atoms with E-state index in [1.54, 1.807) is 11.1 Å². The zero-order valence-electron chi connectivity index (χ0n) is 32.8. The van der Waals surface area contributed by atoms with Crippen LogP contribution in [0.4, 0.5) is 0 Å². The second kappa shape index (κ2) is 49.1. The van der Waals surface area contributed by atoms with Crippen LogP contribution in [-0.4, -0.2) is 0 Å². The van der Waals surface area contributed by atoms with Gasteiger partial charge in [0.05, 0.1) is 0 Å². The Morgan fingerprint density at radius 2 is 1.05 bits per heavy atom. The van der Waals surface area contributed by atoms with Gasteiger partial charge in [0.15, 0.2) is 0 Å². The van der Waals surface area contributed by atoms with Crippen molar-refractivity contribution in [3.05, 3.63) is 73.9 Å². The molecule has 0 spiro atoms. The van der Waals surface area contributed by atoms with Crippen LogP contribution in [0.15, 0.2) is 62.7 Å². The van der Waals surface area contributed by atoms with Crippen LogP contribution < -0.4 is 0 Å². The fraction of sp³-hybridized carbons (Fsp3) is 0.714. The molecule has 0 unspecified atom stereocenters. The highest BCUT2D eigenvalue weighted by Crippen LogP contribution is 2.25. The van der Waals surface area contributed by atoms with Gasteiger partial charge in [-0.3, -0.25) is 0 Å². The smallest absolute Gasteiger partial charge is 0.0247 e. The average molecular weight is 591 g/mol. The molecule has 0 heterocycles. The van der Waals surface area contributed by atoms with Crippen LogP contribution in [0, 0.1) is 17.3 Å². The fourth-order valence-electron chi connectivity index (χ4n) is 3.07. The minimum atomic E-state index is 0.500. The number of fused-ring (bicyclic) bond motifs is 1. The molecule has 0 bridgehead atoms. The first-order valence-electron chi connectivity index (χ1n) is 17.4. The fourth-order valence-corrected chi connectivity index (χ4v) is 3.07. The van der Waals surface area contributed by atoms with Gasteiger partial charge in [-0.15, -0.1) is 32.9 Å². The molecule has 0 amide bonds. The van der Waals surface area contributed by atoms with Crippen molar-refractivity contribution in [2.24, 2.45) is 17.3 Å². The summed E-state index contributed by atoms with van der Waals surface area (Å²) in [7, 11) is 0. The largest absolute Gasteiger partial charge is 0.106 e. The summed E-state index contributed by atoms with van der Waals surface area (Å²) in [5, 5.41) is 0. The van der Waals surface area contributed by atoms with Gasteiger partial charge in [-0.25, -0.2) is 0 Å². The summed E-state index contributed by atoms with van der Waals surface area (Å²) in [4.78, 5) is 0. The Kier molecular flexibility index (Phi) is 65.8. The molecule has 0 radical (unpaired) electrons. The van der Waals surface area contributed by atoms with Gasteiger partial charge in [0, 0.05) is 0 Å². The lowest BCUT2D eigenvalue weighted by molar-refractivity contribution is 0.469. The number of hydrogen-bond acceptors (Lipinski definition) is 0. The molecule has 1 aliphatic carbocycles. The van der Waals surface area contributed by atoms with Crippen LogP contribution in [0.2, 0.25) is 0 Å². The van der Waals surface area contributed by atoms with Crippen molar-refractivity contribution in [2.45, 2.75) is 181 Å². The van der Waals surface area contributed by atoms with Crippen molar-refractivity contribution >= 4 is 0 Å². The standard InChI is InChI=1S/C10H12.C8H16.C7H16.C5H12.2C3H8.C2H6.2C2H4/c1-8-6-9-4-2-3-5-10(9)7-8;1-4-5-6-7-8(2)3;1-4-5-6-7(2)3;1-5(2,3)4;2*1-3-2;3*1-2/h2-5,8H,6-7H2,1H3;2,4-7H2,1,3H3;7H,4-6H2,1-3H3;1-4H3;2*3H2,1-2H3;1-2H3;2*1-2H2. The number of allylic oxidation sites excluding steroid dienone is 1. The van der Waals surface area contributed by atoms with Crippen LogP contribution in [0.25, 0.3) is 0 Å². The summed E-state index contributed by atoms with van der Waals surface area (Å²) in [5.74, 6) is 1.78. The van der Waals surface area contributed by atoms with Crippen LogP contribution in [-0.2, 0) is 12.8 Å². The summed E-state index contributed by atoms with van der Waals surface area (Å²) >= 11 is 0. The summed E-state index contributed by atoms with van der Waals surface area (Å²) in [6, 6.07) is 8.77.